The van der Waals surface area contributed by atoms with Gasteiger partial charge in [-0.05, 0) is 43.2 Å². The van der Waals surface area contributed by atoms with Crippen molar-refractivity contribution in [1.29, 1.82) is 0 Å². The minimum atomic E-state index is -3.77. The summed E-state index contributed by atoms with van der Waals surface area (Å²) in [5, 5.41) is 2.28. The van der Waals surface area contributed by atoms with Crippen molar-refractivity contribution < 1.29 is 27.1 Å². The molecule has 0 radical (unpaired) electrons. The summed E-state index contributed by atoms with van der Waals surface area (Å²) in [7, 11) is -3.77. The van der Waals surface area contributed by atoms with Crippen LogP contribution in [0.2, 0.25) is 5.02 Å². The molecule has 1 amide bonds. The highest BCUT2D eigenvalue weighted by atomic mass is 35.5. The van der Waals surface area contributed by atoms with Crippen LogP contribution in [0.4, 0.5) is 10.1 Å². The van der Waals surface area contributed by atoms with Gasteiger partial charge in [-0.25, -0.2) is 17.6 Å². The van der Waals surface area contributed by atoms with Crippen molar-refractivity contribution in [3.63, 3.8) is 0 Å². The normalized spacial score (nSPS) is 14.9. The van der Waals surface area contributed by atoms with E-state index < -0.39 is 34.3 Å². The number of para-hydroxylation sites is 1. The lowest BCUT2D eigenvalue weighted by Crippen LogP contribution is -2.35. The molecule has 2 aromatic carbocycles. The topological polar surface area (TPSA) is 92.8 Å². The van der Waals surface area contributed by atoms with Gasteiger partial charge in [-0.15, -0.1) is 0 Å². The van der Waals surface area contributed by atoms with Gasteiger partial charge in [0.05, 0.1) is 21.2 Å². The number of esters is 1. The molecule has 1 aliphatic heterocycles. The molecule has 1 aliphatic rings. The minimum absolute atomic E-state index is 0.00731. The molecule has 0 aromatic heterocycles. The highest BCUT2D eigenvalue weighted by molar-refractivity contribution is 7.89. The van der Waals surface area contributed by atoms with Crippen molar-refractivity contribution in [3.8, 4) is 0 Å². The molecular formula is C20H20ClFN2O5S. The molecule has 7 nitrogen and oxygen atoms in total. The number of hydrogen-bond donors (Lipinski definition) is 1. The Morgan fingerprint density at radius 2 is 1.80 bits per heavy atom. The van der Waals surface area contributed by atoms with E-state index in [4.69, 9.17) is 16.3 Å². The fraction of sp³-hybridized carbons (Fsp3) is 0.300. The Hall–Kier alpha value is -2.49. The van der Waals surface area contributed by atoms with Gasteiger partial charge in [-0.2, -0.15) is 4.31 Å². The van der Waals surface area contributed by atoms with Crippen molar-refractivity contribution in [2.75, 3.05) is 25.0 Å². The number of rotatable bonds is 6. The Morgan fingerprint density at radius 1 is 1.10 bits per heavy atom. The first kappa shape index (κ1) is 22.2. The first-order valence-corrected chi connectivity index (χ1v) is 11.1. The number of hydrogen-bond acceptors (Lipinski definition) is 5. The molecule has 160 valence electrons. The van der Waals surface area contributed by atoms with Gasteiger partial charge in [0.15, 0.2) is 6.61 Å². The molecular weight excluding hydrogens is 435 g/mol. The summed E-state index contributed by atoms with van der Waals surface area (Å²) in [6.45, 7) is 0.147. The maximum atomic E-state index is 13.6. The number of benzene rings is 2. The highest BCUT2D eigenvalue weighted by Crippen LogP contribution is 2.25. The van der Waals surface area contributed by atoms with Gasteiger partial charge in [0.1, 0.15) is 5.82 Å². The number of piperidine rings is 1. The van der Waals surface area contributed by atoms with Gasteiger partial charge in [-0.3, -0.25) is 4.79 Å². The molecule has 10 heteroatoms. The van der Waals surface area contributed by atoms with Crippen LogP contribution in [-0.2, 0) is 19.6 Å². The third-order valence-electron chi connectivity index (χ3n) is 4.59. The standard InChI is InChI=1S/C20H20ClFN2O5S/c21-16-9-8-14(30(27,28)24-10-4-1-5-11-24)12-15(16)20(26)29-13-19(25)23-18-7-3-2-6-17(18)22/h2-3,6-9,12H,1,4-5,10-11,13H2,(H,23,25). The van der Waals surface area contributed by atoms with E-state index in [0.717, 1.165) is 25.3 Å². The summed E-state index contributed by atoms with van der Waals surface area (Å²) in [6, 6.07) is 9.32. The first-order valence-electron chi connectivity index (χ1n) is 9.30. The number of anilines is 1. The summed E-state index contributed by atoms with van der Waals surface area (Å²) in [5.74, 6) is -2.34. The molecule has 0 atom stereocenters. The Labute approximate surface area is 178 Å². The zero-order valence-electron chi connectivity index (χ0n) is 15.9. The smallest absolute Gasteiger partial charge is 0.340 e. The molecule has 0 spiro atoms. The summed E-state index contributed by atoms with van der Waals surface area (Å²) in [6.07, 6.45) is 2.52. The van der Waals surface area contributed by atoms with E-state index in [-0.39, 0.29) is 21.2 Å². The van der Waals surface area contributed by atoms with Crippen LogP contribution in [0.5, 0.6) is 0 Å². The van der Waals surface area contributed by atoms with Crippen LogP contribution >= 0.6 is 11.6 Å². The van der Waals surface area contributed by atoms with Crippen molar-refractivity contribution >= 4 is 39.2 Å². The molecule has 30 heavy (non-hydrogen) atoms. The number of nitrogens with zero attached hydrogens (tertiary/aromatic N) is 1. The SMILES string of the molecule is O=C(COC(=O)c1cc(S(=O)(=O)N2CCCCC2)ccc1Cl)Nc1ccccc1F. The summed E-state index contributed by atoms with van der Waals surface area (Å²) >= 11 is 6.03. The number of ether oxygens (including phenoxy) is 1. The number of nitrogens with one attached hydrogen (secondary N) is 1. The van der Waals surface area contributed by atoms with Crippen molar-refractivity contribution in [2.45, 2.75) is 24.2 Å². The van der Waals surface area contributed by atoms with Gasteiger partial charge in [0.2, 0.25) is 10.0 Å². The molecule has 1 saturated heterocycles. The summed E-state index contributed by atoms with van der Waals surface area (Å²) in [4.78, 5) is 24.2. The first-order chi connectivity index (χ1) is 14.3. The van der Waals surface area contributed by atoms with E-state index in [1.807, 2.05) is 0 Å². The van der Waals surface area contributed by atoms with E-state index >= 15 is 0 Å². The van der Waals surface area contributed by atoms with Crippen molar-refractivity contribution in [2.24, 2.45) is 0 Å². The summed E-state index contributed by atoms with van der Waals surface area (Å²) in [5.41, 5.74) is -0.223. The van der Waals surface area contributed by atoms with Crippen LogP contribution in [0.1, 0.15) is 29.6 Å². The van der Waals surface area contributed by atoms with Crippen LogP contribution in [0, 0.1) is 5.82 Å². The van der Waals surface area contributed by atoms with Gasteiger partial charge in [0.25, 0.3) is 5.91 Å². The molecule has 0 bridgehead atoms. The van der Waals surface area contributed by atoms with Crippen molar-refractivity contribution in [3.05, 3.63) is 58.9 Å². The van der Waals surface area contributed by atoms with E-state index in [2.05, 4.69) is 5.32 Å². The van der Waals surface area contributed by atoms with Gasteiger partial charge in [-0.1, -0.05) is 30.2 Å². The second kappa shape index (κ2) is 9.55. The van der Waals surface area contributed by atoms with Crippen LogP contribution < -0.4 is 5.32 Å². The number of amides is 1. The third-order valence-corrected chi connectivity index (χ3v) is 6.82. The minimum Gasteiger partial charge on any atom is -0.452 e. The average Bonchev–Trinajstić information content (AvgIpc) is 2.74. The van der Waals surface area contributed by atoms with Crippen molar-refractivity contribution in [1.82, 2.24) is 4.31 Å². The molecule has 1 heterocycles. The van der Waals surface area contributed by atoms with Crippen LogP contribution in [0.25, 0.3) is 0 Å². The molecule has 1 N–H and O–H groups in total. The third kappa shape index (κ3) is 5.16. The molecule has 1 fully saturated rings. The summed E-state index contributed by atoms with van der Waals surface area (Å²) < 4.78 is 45.5. The predicted molar refractivity (Wildman–Crippen MR) is 109 cm³/mol. The monoisotopic (exact) mass is 454 g/mol. The highest BCUT2D eigenvalue weighted by Gasteiger charge is 2.27. The zero-order valence-corrected chi connectivity index (χ0v) is 17.5. The van der Waals surface area contributed by atoms with Crippen LogP contribution in [0.3, 0.4) is 0 Å². The molecule has 3 rings (SSSR count). The van der Waals surface area contributed by atoms with Crippen LogP contribution in [-0.4, -0.2) is 44.3 Å². The predicted octanol–water partition coefficient (Wildman–Crippen LogP) is 3.45. The number of carbonyl (C=O) groups excluding carboxylic acids is 2. The number of carbonyl (C=O) groups is 2. The second-order valence-corrected chi connectivity index (χ2v) is 9.06. The lowest BCUT2D eigenvalue weighted by atomic mass is 10.2. The van der Waals surface area contributed by atoms with E-state index in [1.165, 1.54) is 34.6 Å². The largest absolute Gasteiger partial charge is 0.452 e. The number of halogens is 2. The lowest BCUT2D eigenvalue weighted by molar-refractivity contribution is -0.119. The number of sulfonamides is 1. The Balaban J connectivity index is 1.69. The fourth-order valence-electron chi connectivity index (χ4n) is 3.03. The van der Waals surface area contributed by atoms with E-state index in [1.54, 1.807) is 6.07 Å². The molecule has 2 aromatic rings. The maximum absolute atomic E-state index is 13.6. The van der Waals surface area contributed by atoms with Gasteiger partial charge in [0, 0.05) is 13.1 Å². The van der Waals surface area contributed by atoms with E-state index in [0.29, 0.717) is 13.1 Å². The Morgan fingerprint density at radius 3 is 2.50 bits per heavy atom. The molecule has 0 aliphatic carbocycles. The lowest BCUT2D eigenvalue weighted by Gasteiger charge is -2.26. The Bertz CT molecular complexity index is 1050. The van der Waals surface area contributed by atoms with Crippen LogP contribution in [0.15, 0.2) is 47.4 Å². The zero-order chi connectivity index (χ0) is 21.7. The molecule has 0 saturated carbocycles. The fourth-order valence-corrected chi connectivity index (χ4v) is 4.77. The maximum Gasteiger partial charge on any atom is 0.340 e. The quantitative estimate of drug-likeness (QED) is 0.675. The van der Waals surface area contributed by atoms with E-state index in [9.17, 15) is 22.4 Å². The van der Waals surface area contributed by atoms with Gasteiger partial charge >= 0.3 is 5.97 Å². The average molecular weight is 455 g/mol. The molecule has 0 unspecified atom stereocenters. The second-order valence-electron chi connectivity index (χ2n) is 6.71. The van der Waals surface area contributed by atoms with Gasteiger partial charge < -0.3 is 10.1 Å². The Kier molecular flexibility index (Phi) is 7.06.